The second kappa shape index (κ2) is 3.24. The van der Waals surface area contributed by atoms with Gasteiger partial charge in [-0.15, -0.1) is 12.4 Å². The zero-order valence-corrected chi connectivity index (χ0v) is 5.12. The third-order valence-corrected chi connectivity index (χ3v) is 0.862. The number of hydroxylamine groups is 1. The highest BCUT2D eigenvalue weighted by atomic mass is 35.5. The number of rotatable bonds is 2. The van der Waals surface area contributed by atoms with E-state index in [1.165, 1.54) is 12.8 Å². The summed E-state index contributed by atoms with van der Waals surface area (Å²) in [7, 11) is 1.65. The molecule has 1 fully saturated rings. The molecule has 1 N–H and O–H groups in total. The average Bonchev–Trinajstić information content (AvgIpc) is 2.21. The third kappa shape index (κ3) is 2.85. The van der Waals surface area contributed by atoms with E-state index in [1.54, 1.807) is 7.11 Å². The lowest BCUT2D eigenvalue weighted by Crippen LogP contribution is -2.12. The smallest absolute Gasteiger partial charge is 0.0572 e. The van der Waals surface area contributed by atoms with E-state index in [4.69, 9.17) is 0 Å². The Hall–Kier alpha value is 0.210. The third-order valence-electron chi connectivity index (χ3n) is 0.862. The van der Waals surface area contributed by atoms with E-state index in [9.17, 15) is 0 Å². The van der Waals surface area contributed by atoms with Gasteiger partial charge in [-0.25, -0.2) is 0 Å². The van der Waals surface area contributed by atoms with Crippen LogP contribution in [0.15, 0.2) is 0 Å². The lowest BCUT2D eigenvalue weighted by atomic mass is 10.8. The number of halogens is 1. The molecule has 0 aromatic heterocycles. The van der Waals surface area contributed by atoms with Crippen molar-refractivity contribution in [1.29, 1.82) is 0 Å². The monoisotopic (exact) mass is 123 g/mol. The van der Waals surface area contributed by atoms with Gasteiger partial charge in [0.2, 0.25) is 0 Å². The first-order valence-electron chi connectivity index (χ1n) is 2.22. The summed E-state index contributed by atoms with van der Waals surface area (Å²) in [6.45, 7) is 0. The van der Waals surface area contributed by atoms with Crippen LogP contribution in [0.3, 0.4) is 0 Å². The molecule has 0 aromatic rings. The van der Waals surface area contributed by atoms with E-state index in [-0.39, 0.29) is 12.4 Å². The van der Waals surface area contributed by atoms with Crippen LogP contribution in [0.4, 0.5) is 0 Å². The standard InChI is InChI=1S/C4H9NO.ClH/c1-6-5-4-2-3-4;/h4-5H,2-3H2,1H3;1H. The summed E-state index contributed by atoms with van der Waals surface area (Å²) >= 11 is 0. The molecule has 0 bridgehead atoms. The SMILES string of the molecule is CONC1CC1.Cl. The summed E-state index contributed by atoms with van der Waals surface area (Å²) in [5.41, 5.74) is 2.82. The first-order chi connectivity index (χ1) is 2.93. The Morgan fingerprint density at radius 1 is 1.57 bits per heavy atom. The van der Waals surface area contributed by atoms with Crippen molar-refractivity contribution in [2.24, 2.45) is 0 Å². The predicted molar refractivity (Wildman–Crippen MR) is 30.4 cm³/mol. The molecule has 0 aliphatic heterocycles. The van der Waals surface area contributed by atoms with Crippen molar-refractivity contribution in [1.82, 2.24) is 5.48 Å². The van der Waals surface area contributed by atoms with Crippen molar-refractivity contribution in [3.63, 3.8) is 0 Å². The van der Waals surface area contributed by atoms with Crippen LogP contribution < -0.4 is 5.48 Å². The largest absolute Gasteiger partial charge is 0.305 e. The lowest BCUT2D eigenvalue weighted by Gasteiger charge is -1.91. The summed E-state index contributed by atoms with van der Waals surface area (Å²) in [5, 5.41) is 0. The quantitative estimate of drug-likeness (QED) is 0.547. The van der Waals surface area contributed by atoms with Gasteiger partial charge in [0.25, 0.3) is 0 Å². The molecule has 0 amide bonds. The van der Waals surface area contributed by atoms with Crippen molar-refractivity contribution in [3.8, 4) is 0 Å². The van der Waals surface area contributed by atoms with Gasteiger partial charge >= 0.3 is 0 Å². The van der Waals surface area contributed by atoms with Crippen LogP contribution in [0.5, 0.6) is 0 Å². The highest BCUT2D eigenvalue weighted by molar-refractivity contribution is 5.85. The number of hydrogen-bond donors (Lipinski definition) is 1. The Balaban J connectivity index is 0.000000360. The molecular weight excluding hydrogens is 114 g/mol. The maximum atomic E-state index is 4.62. The van der Waals surface area contributed by atoms with Crippen LogP contribution in [-0.2, 0) is 4.84 Å². The summed E-state index contributed by atoms with van der Waals surface area (Å²) < 4.78 is 0. The molecule has 0 aromatic carbocycles. The van der Waals surface area contributed by atoms with E-state index in [0.29, 0.717) is 6.04 Å². The molecule has 3 heteroatoms. The normalized spacial score (nSPS) is 18.4. The summed E-state index contributed by atoms with van der Waals surface area (Å²) in [6.07, 6.45) is 2.57. The van der Waals surface area contributed by atoms with E-state index in [2.05, 4.69) is 10.3 Å². The van der Waals surface area contributed by atoms with Crippen LogP contribution in [0.25, 0.3) is 0 Å². The van der Waals surface area contributed by atoms with E-state index >= 15 is 0 Å². The fourth-order valence-electron chi connectivity index (χ4n) is 0.368. The summed E-state index contributed by atoms with van der Waals surface area (Å²) in [4.78, 5) is 4.62. The molecule has 0 spiro atoms. The molecule has 2 nitrogen and oxygen atoms in total. The predicted octanol–water partition coefficient (Wildman–Crippen LogP) is 0.722. The zero-order valence-electron chi connectivity index (χ0n) is 4.31. The Kier molecular flexibility index (Phi) is 3.34. The molecule has 0 heterocycles. The van der Waals surface area contributed by atoms with Crippen LogP contribution in [0.2, 0.25) is 0 Å². The first-order valence-corrected chi connectivity index (χ1v) is 2.22. The van der Waals surface area contributed by atoms with Crippen molar-refractivity contribution in [2.45, 2.75) is 18.9 Å². The molecule has 44 valence electrons. The Bertz CT molecular complexity index is 47.0. The number of nitrogens with one attached hydrogen (secondary N) is 1. The van der Waals surface area contributed by atoms with Gasteiger partial charge in [0.1, 0.15) is 0 Å². The van der Waals surface area contributed by atoms with Crippen LogP contribution in [-0.4, -0.2) is 13.2 Å². The highest BCUT2D eigenvalue weighted by Gasteiger charge is 2.19. The summed E-state index contributed by atoms with van der Waals surface area (Å²) in [6, 6.07) is 0.676. The number of hydrogen-bond acceptors (Lipinski definition) is 2. The summed E-state index contributed by atoms with van der Waals surface area (Å²) in [5.74, 6) is 0. The van der Waals surface area contributed by atoms with Gasteiger partial charge in [0, 0.05) is 6.04 Å². The van der Waals surface area contributed by atoms with Gasteiger partial charge in [-0.2, -0.15) is 5.48 Å². The van der Waals surface area contributed by atoms with Crippen molar-refractivity contribution < 1.29 is 4.84 Å². The Labute approximate surface area is 49.6 Å². The molecular formula is C4H10ClNO. The second-order valence-electron chi connectivity index (χ2n) is 1.60. The van der Waals surface area contributed by atoms with Gasteiger partial charge in [0.15, 0.2) is 0 Å². The lowest BCUT2D eigenvalue weighted by molar-refractivity contribution is 0.0863. The first kappa shape index (κ1) is 7.21. The van der Waals surface area contributed by atoms with E-state index < -0.39 is 0 Å². The molecule has 1 rings (SSSR count). The molecule has 0 radical (unpaired) electrons. The maximum absolute atomic E-state index is 4.62. The second-order valence-corrected chi connectivity index (χ2v) is 1.60. The van der Waals surface area contributed by atoms with Gasteiger partial charge in [-0.1, -0.05) is 0 Å². The minimum Gasteiger partial charge on any atom is -0.305 e. The Morgan fingerprint density at radius 2 is 2.14 bits per heavy atom. The molecule has 0 unspecified atom stereocenters. The molecule has 0 saturated heterocycles. The van der Waals surface area contributed by atoms with E-state index in [0.717, 1.165) is 0 Å². The average molecular weight is 124 g/mol. The molecule has 0 atom stereocenters. The van der Waals surface area contributed by atoms with Crippen LogP contribution >= 0.6 is 12.4 Å². The van der Waals surface area contributed by atoms with E-state index in [1.807, 2.05) is 0 Å². The zero-order chi connectivity index (χ0) is 4.41. The topological polar surface area (TPSA) is 21.3 Å². The molecule has 1 aliphatic carbocycles. The molecule has 1 saturated carbocycles. The maximum Gasteiger partial charge on any atom is 0.0572 e. The van der Waals surface area contributed by atoms with Crippen molar-refractivity contribution in [3.05, 3.63) is 0 Å². The molecule has 1 aliphatic rings. The van der Waals surface area contributed by atoms with Gasteiger partial charge < -0.3 is 4.84 Å². The minimum absolute atomic E-state index is 0. The van der Waals surface area contributed by atoms with Crippen LogP contribution in [0.1, 0.15) is 12.8 Å². The Morgan fingerprint density at radius 3 is 2.29 bits per heavy atom. The van der Waals surface area contributed by atoms with Crippen molar-refractivity contribution >= 4 is 12.4 Å². The van der Waals surface area contributed by atoms with Crippen LogP contribution in [0, 0.1) is 0 Å². The van der Waals surface area contributed by atoms with Crippen molar-refractivity contribution in [2.75, 3.05) is 7.11 Å². The highest BCUT2D eigenvalue weighted by Crippen LogP contribution is 2.17. The van der Waals surface area contributed by atoms with Gasteiger partial charge in [-0.3, -0.25) is 0 Å². The fourth-order valence-corrected chi connectivity index (χ4v) is 0.368. The van der Waals surface area contributed by atoms with Gasteiger partial charge in [0.05, 0.1) is 7.11 Å². The fraction of sp³-hybridized carbons (Fsp3) is 1.00. The minimum atomic E-state index is 0. The van der Waals surface area contributed by atoms with Gasteiger partial charge in [-0.05, 0) is 12.8 Å². The molecule has 7 heavy (non-hydrogen) atoms.